The van der Waals surface area contributed by atoms with Gasteiger partial charge in [-0.3, -0.25) is 9.59 Å². The minimum Gasteiger partial charge on any atom is -0.508 e. The number of phenols is 1. The number of nitrogens with one attached hydrogen (secondary N) is 1. The number of phenolic OH excluding ortho intramolecular Hbond substituents is 1. The van der Waals surface area contributed by atoms with Gasteiger partial charge in [0.1, 0.15) is 11.5 Å². The summed E-state index contributed by atoms with van der Waals surface area (Å²) in [6.45, 7) is 4.28. The fourth-order valence-corrected chi connectivity index (χ4v) is 4.60. The Hall–Kier alpha value is -4.92. The lowest BCUT2D eigenvalue weighted by atomic mass is 9.98. The van der Waals surface area contributed by atoms with Gasteiger partial charge < -0.3 is 25.0 Å². The first-order valence-electron chi connectivity index (χ1n) is 12.6. The van der Waals surface area contributed by atoms with E-state index in [0.717, 1.165) is 16.7 Å². The smallest absolute Gasteiger partial charge is 0.276 e. The van der Waals surface area contributed by atoms with Crippen LogP contribution in [0.3, 0.4) is 0 Å². The van der Waals surface area contributed by atoms with Gasteiger partial charge in [0.15, 0.2) is 11.5 Å². The summed E-state index contributed by atoms with van der Waals surface area (Å²) in [4.78, 5) is 29.6. The van der Waals surface area contributed by atoms with Crippen molar-refractivity contribution in [3.05, 3.63) is 95.7 Å². The molecule has 0 saturated carbocycles. The average Bonchev–Trinajstić information content (AvgIpc) is 2.97. The lowest BCUT2D eigenvalue weighted by Gasteiger charge is -2.35. The summed E-state index contributed by atoms with van der Waals surface area (Å²) in [6.07, 6.45) is 0. The van der Waals surface area contributed by atoms with Crippen molar-refractivity contribution in [1.82, 2.24) is 15.1 Å². The minimum absolute atomic E-state index is 0.0168. The molecule has 3 aromatic carbocycles. The van der Waals surface area contributed by atoms with Gasteiger partial charge in [0, 0.05) is 37.4 Å². The Balaban J connectivity index is 1.17. The second kappa shape index (κ2) is 11.2. The number of aromatic hydroxyl groups is 1. The number of amides is 2. The highest BCUT2D eigenvalue weighted by atomic mass is 16.5. The monoisotopic (exact) mass is 523 g/mol. The average molecular weight is 524 g/mol. The zero-order valence-electron chi connectivity index (χ0n) is 21.8. The maximum Gasteiger partial charge on any atom is 0.276 e. The van der Waals surface area contributed by atoms with E-state index in [1.165, 1.54) is 0 Å². The van der Waals surface area contributed by atoms with Crippen LogP contribution in [0, 0.1) is 6.92 Å². The molecule has 0 aliphatic carbocycles. The third-order valence-corrected chi connectivity index (χ3v) is 6.75. The quantitative estimate of drug-likeness (QED) is 0.386. The maximum absolute atomic E-state index is 13.2. The number of hydrogen-bond donors (Lipinski definition) is 2. The van der Waals surface area contributed by atoms with Gasteiger partial charge in [-0.1, -0.05) is 18.2 Å². The molecular formula is C30H29N5O4. The number of aryl methyl sites for hydroxylation is 1. The van der Waals surface area contributed by atoms with Gasteiger partial charge in [-0.25, -0.2) is 0 Å². The number of carbonyl (C=O) groups is 2. The first-order valence-corrected chi connectivity index (χ1v) is 12.6. The van der Waals surface area contributed by atoms with E-state index in [-0.39, 0.29) is 23.3 Å². The van der Waals surface area contributed by atoms with Crippen molar-refractivity contribution in [3.63, 3.8) is 0 Å². The summed E-state index contributed by atoms with van der Waals surface area (Å²) in [5.41, 5.74) is 4.34. The number of aromatic nitrogens is 2. The Morgan fingerprint density at radius 3 is 2.31 bits per heavy atom. The molecule has 198 valence electrons. The molecule has 2 heterocycles. The minimum atomic E-state index is -0.347. The van der Waals surface area contributed by atoms with E-state index >= 15 is 0 Å². The first kappa shape index (κ1) is 25.7. The van der Waals surface area contributed by atoms with E-state index in [0.29, 0.717) is 49.0 Å². The number of nitrogens with zero attached hydrogens (tertiary/aromatic N) is 4. The van der Waals surface area contributed by atoms with Gasteiger partial charge in [-0.2, -0.15) is 0 Å². The van der Waals surface area contributed by atoms with Crippen LogP contribution in [-0.2, 0) is 0 Å². The summed E-state index contributed by atoms with van der Waals surface area (Å²) in [5.74, 6) is 1.21. The molecular weight excluding hydrogens is 494 g/mol. The topological polar surface area (TPSA) is 108 Å². The van der Waals surface area contributed by atoms with Gasteiger partial charge >= 0.3 is 0 Å². The van der Waals surface area contributed by atoms with Gasteiger partial charge in [-0.15, -0.1) is 10.2 Å². The van der Waals surface area contributed by atoms with Crippen molar-refractivity contribution >= 4 is 23.3 Å². The highest BCUT2D eigenvalue weighted by Crippen LogP contribution is 2.27. The molecule has 5 rings (SSSR count). The molecule has 2 amide bonds. The van der Waals surface area contributed by atoms with Gasteiger partial charge in [0.25, 0.3) is 11.8 Å². The lowest BCUT2D eigenvalue weighted by Crippen LogP contribution is -2.49. The zero-order valence-corrected chi connectivity index (χ0v) is 21.8. The molecule has 2 N–H and O–H groups in total. The third-order valence-electron chi connectivity index (χ3n) is 6.75. The molecule has 1 saturated heterocycles. The fraction of sp³-hybridized carbons (Fsp3) is 0.200. The third kappa shape index (κ3) is 5.82. The molecule has 1 fully saturated rings. The van der Waals surface area contributed by atoms with Crippen LogP contribution in [0.4, 0.5) is 11.5 Å². The Labute approximate surface area is 226 Å². The van der Waals surface area contributed by atoms with Crippen LogP contribution < -0.4 is 15.0 Å². The molecule has 0 radical (unpaired) electrons. The van der Waals surface area contributed by atoms with Crippen LogP contribution in [-0.4, -0.2) is 65.3 Å². The summed E-state index contributed by atoms with van der Waals surface area (Å²) < 4.78 is 5.13. The number of ether oxygens (including phenoxy) is 1. The van der Waals surface area contributed by atoms with Gasteiger partial charge in [-0.05, 0) is 84.3 Å². The summed E-state index contributed by atoms with van der Waals surface area (Å²) in [7, 11) is 1.59. The Morgan fingerprint density at radius 1 is 0.897 bits per heavy atom. The van der Waals surface area contributed by atoms with Crippen LogP contribution in [0.2, 0.25) is 0 Å². The van der Waals surface area contributed by atoms with Crippen LogP contribution in [0.1, 0.15) is 26.4 Å². The standard InChI is InChI=1S/C30H29N5O4/c1-20-18-22(6-11-26(20)21-4-3-5-24(36)19-21)30(38)35-16-14-34(15-17-35)28-13-12-27(32-33-28)29(37)31-23-7-9-25(39-2)10-8-23/h3-13,18-19,36H,14-17H2,1-2H3,(H,31,37). The number of carbonyl (C=O) groups excluding carboxylic acids is 2. The molecule has 0 spiro atoms. The normalized spacial score (nSPS) is 13.2. The Kier molecular flexibility index (Phi) is 7.40. The summed E-state index contributed by atoms with van der Waals surface area (Å²) in [6, 6.07) is 23.2. The SMILES string of the molecule is COc1ccc(NC(=O)c2ccc(N3CCN(C(=O)c4ccc(-c5cccc(O)c5)c(C)c4)CC3)nn2)cc1. The van der Waals surface area contributed by atoms with E-state index in [2.05, 4.69) is 20.4 Å². The lowest BCUT2D eigenvalue weighted by molar-refractivity contribution is 0.0746. The molecule has 1 aliphatic heterocycles. The molecule has 0 bridgehead atoms. The van der Waals surface area contributed by atoms with Crippen LogP contribution >= 0.6 is 0 Å². The molecule has 9 heteroatoms. The van der Waals surface area contributed by atoms with E-state index in [4.69, 9.17) is 4.74 Å². The van der Waals surface area contributed by atoms with E-state index in [1.54, 1.807) is 61.7 Å². The van der Waals surface area contributed by atoms with Gasteiger partial charge in [0.05, 0.1) is 7.11 Å². The van der Waals surface area contributed by atoms with Crippen molar-refractivity contribution in [3.8, 4) is 22.6 Å². The molecule has 0 unspecified atom stereocenters. The second-order valence-corrected chi connectivity index (χ2v) is 9.32. The molecule has 1 aliphatic rings. The Morgan fingerprint density at radius 2 is 1.67 bits per heavy atom. The van der Waals surface area contributed by atoms with Crippen molar-refractivity contribution in [2.75, 3.05) is 43.5 Å². The van der Waals surface area contributed by atoms with E-state index < -0.39 is 0 Å². The number of piperazine rings is 1. The molecule has 1 aromatic heterocycles. The van der Waals surface area contributed by atoms with E-state index in [1.807, 2.05) is 36.1 Å². The summed E-state index contributed by atoms with van der Waals surface area (Å²) in [5, 5.41) is 21.0. The van der Waals surface area contributed by atoms with E-state index in [9.17, 15) is 14.7 Å². The van der Waals surface area contributed by atoms with Crippen LogP contribution in [0.5, 0.6) is 11.5 Å². The number of hydrogen-bond acceptors (Lipinski definition) is 7. The maximum atomic E-state index is 13.2. The van der Waals surface area contributed by atoms with Crippen LogP contribution in [0.25, 0.3) is 11.1 Å². The molecule has 9 nitrogen and oxygen atoms in total. The Bertz CT molecular complexity index is 1480. The van der Waals surface area contributed by atoms with Gasteiger partial charge in [0.2, 0.25) is 0 Å². The van der Waals surface area contributed by atoms with Crippen LogP contribution in [0.15, 0.2) is 78.9 Å². The largest absolute Gasteiger partial charge is 0.508 e. The fourth-order valence-electron chi connectivity index (χ4n) is 4.60. The van der Waals surface area contributed by atoms with Crippen molar-refractivity contribution in [2.45, 2.75) is 6.92 Å². The first-order chi connectivity index (χ1) is 18.9. The molecule has 0 atom stereocenters. The van der Waals surface area contributed by atoms with Crippen molar-refractivity contribution in [1.29, 1.82) is 0 Å². The number of methoxy groups -OCH3 is 1. The summed E-state index contributed by atoms with van der Waals surface area (Å²) >= 11 is 0. The highest BCUT2D eigenvalue weighted by Gasteiger charge is 2.24. The zero-order chi connectivity index (χ0) is 27.4. The number of anilines is 2. The van der Waals surface area contributed by atoms with Crippen molar-refractivity contribution in [2.24, 2.45) is 0 Å². The predicted octanol–water partition coefficient (Wildman–Crippen LogP) is 4.38. The predicted molar refractivity (Wildman–Crippen MR) is 149 cm³/mol. The second-order valence-electron chi connectivity index (χ2n) is 9.32. The number of benzene rings is 3. The molecule has 39 heavy (non-hydrogen) atoms. The number of rotatable bonds is 6. The molecule has 4 aromatic rings. The van der Waals surface area contributed by atoms with Crippen molar-refractivity contribution < 1.29 is 19.4 Å². The highest BCUT2D eigenvalue weighted by molar-refractivity contribution is 6.02.